The van der Waals surface area contributed by atoms with Gasteiger partial charge in [0.15, 0.2) is 0 Å². The predicted octanol–water partition coefficient (Wildman–Crippen LogP) is 4.54. The van der Waals surface area contributed by atoms with E-state index in [1.807, 2.05) is 10.8 Å². The molecule has 0 aromatic carbocycles. The van der Waals surface area contributed by atoms with Crippen molar-refractivity contribution >= 4 is 27.6 Å². The molecular weight excluding hydrogens is 252 g/mol. The fourth-order valence-electron chi connectivity index (χ4n) is 1.57. The zero-order valence-corrected chi connectivity index (χ0v) is 13.0. The van der Waals surface area contributed by atoms with Gasteiger partial charge in [-0.15, -0.1) is 0 Å². The molecule has 0 N–H and O–H groups in total. The van der Waals surface area contributed by atoms with Crippen LogP contribution in [0, 0.1) is 5.92 Å². The first-order valence-corrected chi connectivity index (χ1v) is 9.16. The number of ether oxygens (including phenoxy) is 1. The summed E-state index contributed by atoms with van der Waals surface area (Å²) in [5.41, 5.74) is 0. The number of esters is 1. The van der Waals surface area contributed by atoms with Gasteiger partial charge in [-0.1, -0.05) is 55.2 Å². The highest BCUT2D eigenvalue weighted by Crippen LogP contribution is 2.21. The third-order valence-electron chi connectivity index (χ3n) is 2.39. The minimum absolute atomic E-state index is 0.00907. The molecule has 0 rings (SSSR count). The molecule has 0 fully saturated rings. The van der Waals surface area contributed by atoms with Gasteiger partial charge in [0.25, 0.3) is 0 Å². The second kappa shape index (κ2) is 12.6. The SMILES string of the molecule is CCCSSCCOC(=O)C(CCC)CCC. The molecule has 0 saturated heterocycles. The van der Waals surface area contributed by atoms with Gasteiger partial charge in [0, 0.05) is 11.5 Å². The second-order valence-corrected chi connectivity index (χ2v) is 6.79. The Morgan fingerprint density at radius 1 is 1.00 bits per heavy atom. The maximum atomic E-state index is 11.8. The molecule has 0 atom stereocenters. The number of hydrogen-bond acceptors (Lipinski definition) is 4. The van der Waals surface area contributed by atoms with Gasteiger partial charge in [-0.3, -0.25) is 4.79 Å². The van der Waals surface area contributed by atoms with E-state index in [0.29, 0.717) is 6.61 Å². The molecule has 0 amide bonds. The van der Waals surface area contributed by atoms with Crippen LogP contribution in [0.1, 0.15) is 52.9 Å². The van der Waals surface area contributed by atoms with E-state index < -0.39 is 0 Å². The molecule has 0 aliphatic rings. The summed E-state index contributed by atoms with van der Waals surface area (Å²) in [5, 5.41) is 0. The fraction of sp³-hybridized carbons (Fsp3) is 0.923. The summed E-state index contributed by atoms with van der Waals surface area (Å²) >= 11 is 0. The standard InChI is InChI=1S/C13H26O2S2/c1-4-7-12(8-5-2)13(14)15-9-11-17-16-10-6-3/h12H,4-11H2,1-3H3. The molecular formula is C13H26O2S2. The Morgan fingerprint density at radius 3 is 2.12 bits per heavy atom. The Kier molecular flexibility index (Phi) is 12.7. The molecule has 0 aliphatic heterocycles. The molecule has 102 valence electrons. The van der Waals surface area contributed by atoms with E-state index in [0.717, 1.165) is 31.4 Å². The van der Waals surface area contributed by atoms with E-state index >= 15 is 0 Å². The number of carbonyl (C=O) groups is 1. The summed E-state index contributed by atoms with van der Waals surface area (Å²) in [7, 11) is 3.66. The quantitative estimate of drug-likeness (QED) is 0.315. The van der Waals surface area contributed by atoms with Crippen molar-refractivity contribution in [3.05, 3.63) is 0 Å². The molecule has 0 aromatic heterocycles. The average molecular weight is 278 g/mol. The summed E-state index contributed by atoms with van der Waals surface area (Å²) in [6.45, 7) is 6.97. The van der Waals surface area contributed by atoms with E-state index in [1.54, 1.807) is 10.8 Å². The highest BCUT2D eigenvalue weighted by Gasteiger charge is 2.17. The molecule has 2 nitrogen and oxygen atoms in total. The molecule has 0 heterocycles. The van der Waals surface area contributed by atoms with Gasteiger partial charge in [0.2, 0.25) is 0 Å². The van der Waals surface area contributed by atoms with Crippen molar-refractivity contribution in [1.82, 2.24) is 0 Å². The van der Waals surface area contributed by atoms with E-state index in [2.05, 4.69) is 20.8 Å². The van der Waals surface area contributed by atoms with Gasteiger partial charge in [0.05, 0.1) is 5.92 Å². The van der Waals surface area contributed by atoms with Crippen LogP contribution in [0.25, 0.3) is 0 Å². The van der Waals surface area contributed by atoms with Crippen molar-refractivity contribution in [3.8, 4) is 0 Å². The maximum Gasteiger partial charge on any atom is 0.308 e. The highest BCUT2D eigenvalue weighted by molar-refractivity contribution is 8.76. The molecule has 0 radical (unpaired) electrons. The summed E-state index contributed by atoms with van der Waals surface area (Å²) in [4.78, 5) is 11.8. The van der Waals surface area contributed by atoms with Crippen LogP contribution in [0.5, 0.6) is 0 Å². The molecule has 0 unspecified atom stereocenters. The molecule has 0 saturated carbocycles. The zero-order chi connectivity index (χ0) is 12.9. The first-order valence-electron chi connectivity index (χ1n) is 6.67. The van der Waals surface area contributed by atoms with Crippen LogP contribution >= 0.6 is 21.6 Å². The summed E-state index contributed by atoms with van der Waals surface area (Å²) in [6, 6.07) is 0. The van der Waals surface area contributed by atoms with Crippen LogP contribution in [0.2, 0.25) is 0 Å². The van der Waals surface area contributed by atoms with E-state index in [1.165, 1.54) is 12.2 Å². The summed E-state index contributed by atoms with van der Waals surface area (Å²) in [5.74, 6) is 2.21. The molecule has 0 aliphatic carbocycles. The van der Waals surface area contributed by atoms with Gasteiger partial charge >= 0.3 is 5.97 Å². The molecule has 17 heavy (non-hydrogen) atoms. The zero-order valence-electron chi connectivity index (χ0n) is 11.4. The van der Waals surface area contributed by atoms with E-state index in [4.69, 9.17) is 4.74 Å². The maximum absolute atomic E-state index is 11.8. The number of hydrogen-bond donors (Lipinski definition) is 0. The smallest absolute Gasteiger partial charge is 0.308 e. The van der Waals surface area contributed by atoms with Crippen LogP contribution in [-0.2, 0) is 9.53 Å². The fourth-order valence-corrected chi connectivity index (χ4v) is 3.54. The van der Waals surface area contributed by atoms with E-state index in [-0.39, 0.29) is 11.9 Å². The van der Waals surface area contributed by atoms with Crippen LogP contribution in [0.15, 0.2) is 0 Å². The number of rotatable bonds is 11. The largest absolute Gasteiger partial charge is 0.465 e. The third kappa shape index (κ3) is 9.83. The lowest BCUT2D eigenvalue weighted by Crippen LogP contribution is -2.18. The summed E-state index contributed by atoms with van der Waals surface area (Å²) in [6.07, 6.45) is 5.24. The minimum atomic E-state index is 0.00907. The normalized spacial score (nSPS) is 10.8. The van der Waals surface area contributed by atoms with Crippen molar-refractivity contribution in [2.75, 3.05) is 18.1 Å². The van der Waals surface area contributed by atoms with Crippen molar-refractivity contribution in [3.63, 3.8) is 0 Å². The lowest BCUT2D eigenvalue weighted by molar-refractivity contribution is -0.148. The predicted molar refractivity (Wildman–Crippen MR) is 79.5 cm³/mol. The molecule has 0 bridgehead atoms. The highest BCUT2D eigenvalue weighted by atomic mass is 33.1. The lowest BCUT2D eigenvalue weighted by Gasteiger charge is -2.14. The van der Waals surface area contributed by atoms with Crippen LogP contribution in [0.4, 0.5) is 0 Å². The minimum Gasteiger partial charge on any atom is -0.465 e. The Hall–Kier alpha value is 0.170. The Morgan fingerprint density at radius 2 is 1.59 bits per heavy atom. The first kappa shape index (κ1) is 17.2. The van der Waals surface area contributed by atoms with Gasteiger partial charge in [-0.2, -0.15) is 0 Å². The van der Waals surface area contributed by atoms with Gasteiger partial charge in [-0.25, -0.2) is 0 Å². The molecule has 0 spiro atoms. The van der Waals surface area contributed by atoms with Gasteiger partial charge in [-0.05, 0) is 19.3 Å². The topological polar surface area (TPSA) is 26.3 Å². The number of carbonyl (C=O) groups excluding carboxylic acids is 1. The Balaban J connectivity index is 3.59. The van der Waals surface area contributed by atoms with Gasteiger partial charge < -0.3 is 4.74 Å². The lowest BCUT2D eigenvalue weighted by atomic mass is 9.99. The van der Waals surface area contributed by atoms with Crippen LogP contribution < -0.4 is 0 Å². The van der Waals surface area contributed by atoms with E-state index in [9.17, 15) is 4.79 Å². The van der Waals surface area contributed by atoms with Crippen molar-refractivity contribution in [1.29, 1.82) is 0 Å². The second-order valence-electron chi connectivity index (χ2n) is 4.09. The average Bonchev–Trinajstić information content (AvgIpc) is 2.33. The van der Waals surface area contributed by atoms with Crippen LogP contribution in [-0.4, -0.2) is 24.1 Å². The van der Waals surface area contributed by atoms with Crippen LogP contribution in [0.3, 0.4) is 0 Å². The monoisotopic (exact) mass is 278 g/mol. The van der Waals surface area contributed by atoms with Crippen molar-refractivity contribution in [2.24, 2.45) is 5.92 Å². The van der Waals surface area contributed by atoms with Gasteiger partial charge in [0.1, 0.15) is 6.61 Å². The molecule has 4 heteroatoms. The summed E-state index contributed by atoms with van der Waals surface area (Å²) < 4.78 is 5.32. The Labute approximate surface area is 114 Å². The first-order chi connectivity index (χ1) is 8.26. The third-order valence-corrected chi connectivity index (χ3v) is 4.96. The molecule has 0 aromatic rings. The van der Waals surface area contributed by atoms with Crippen molar-refractivity contribution < 1.29 is 9.53 Å². The Bertz CT molecular complexity index is 180. The van der Waals surface area contributed by atoms with Crippen molar-refractivity contribution in [2.45, 2.75) is 52.9 Å².